The third kappa shape index (κ3) is 3.61. The van der Waals surface area contributed by atoms with Gasteiger partial charge in [-0.1, -0.05) is 32.3 Å². The van der Waals surface area contributed by atoms with Gasteiger partial charge >= 0.3 is 5.97 Å². The number of hydrogen-bond donors (Lipinski definition) is 5. The number of rotatable bonds is 3. The fourth-order valence-electron chi connectivity index (χ4n) is 5.39. The molecule has 2 fully saturated rings. The highest BCUT2D eigenvalue weighted by Crippen LogP contribution is 2.46. The van der Waals surface area contributed by atoms with Crippen LogP contribution in [0, 0.1) is 5.92 Å². The normalized spacial score (nSPS) is 41.3. The molecule has 166 valence electrons. The van der Waals surface area contributed by atoms with Crippen LogP contribution in [0.15, 0.2) is 18.2 Å². The van der Waals surface area contributed by atoms with Crippen molar-refractivity contribution in [2.75, 3.05) is 0 Å². The zero-order valence-corrected chi connectivity index (χ0v) is 17.1. The summed E-state index contributed by atoms with van der Waals surface area (Å²) in [6, 6.07) is 5.71. The lowest BCUT2D eigenvalue weighted by Crippen LogP contribution is -2.61. The summed E-state index contributed by atoms with van der Waals surface area (Å²) >= 11 is 0. The van der Waals surface area contributed by atoms with Gasteiger partial charge < -0.3 is 35.6 Å². The summed E-state index contributed by atoms with van der Waals surface area (Å²) in [5.41, 5.74) is 8.88. The Bertz CT molecular complexity index is 802. The van der Waals surface area contributed by atoms with Gasteiger partial charge in [0.2, 0.25) is 6.29 Å². The molecule has 8 heteroatoms. The zero-order chi connectivity index (χ0) is 21.6. The highest BCUT2D eigenvalue weighted by atomic mass is 16.7. The van der Waals surface area contributed by atoms with Crippen LogP contribution in [0.5, 0.6) is 5.75 Å². The number of carboxylic acids is 1. The first-order valence-corrected chi connectivity index (χ1v) is 10.7. The number of hydrogen-bond acceptors (Lipinski definition) is 7. The SMILES string of the molecule is CC12CCCCCC(Cc3ccc(OC4OC(C(=O)O)C(O)C(O)C4O)cc31)C2N. The average Bonchev–Trinajstić information content (AvgIpc) is 2.71. The van der Waals surface area contributed by atoms with E-state index in [0.29, 0.717) is 11.7 Å². The molecule has 30 heavy (non-hydrogen) atoms. The lowest BCUT2D eigenvalue weighted by atomic mass is 9.60. The minimum absolute atomic E-state index is 0.0467. The Labute approximate surface area is 175 Å². The second-order valence-corrected chi connectivity index (χ2v) is 9.18. The second-order valence-electron chi connectivity index (χ2n) is 9.18. The van der Waals surface area contributed by atoms with Crippen LogP contribution in [0.2, 0.25) is 0 Å². The quantitative estimate of drug-likeness (QED) is 0.480. The number of carbonyl (C=O) groups is 1. The molecule has 1 aromatic carbocycles. The van der Waals surface area contributed by atoms with Crippen LogP contribution in [0.4, 0.5) is 0 Å². The molecule has 1 aliphatic heterocycles. The predicted octanol–water partition coefficient (Wildman–Crippen LogP) is 0.679. The van der Waals surface area contributed by atoms with Crippen molar-refractivity contribution in [2.45, 2.75) is 87.6 Å². The van der Waals surface area contributed by atoms with Crippen molar-refractivity contribution < 1.29 is 34.7 Å². The van der Waals surface area contributed by atoms with Gasteiger partial charge in [-0.05, 0) is 48.4 Å². The largest absolute Gasteiger partial charge is 0.479 e. The lowest BCUT2D eigenvalue weighted by molar-refractivity contribution is -0.271. The first-order chi connectivity index (χ1) is 14.2. The Balaban J connectivity index is 1.61. The summed E-state index contributed by atoms with van der Waals surface area (Å²) in [5, 5.41) is 39.3. The molecule has 8 unspecified atom stereocenters. The van der Waals surface area contributed by atoms with Crippen molar-refractivity contribution in [1.82, 2.24) is 0 Å². The number of nitrogens with two attached hydrogens (primary N) is 1. The van der Waals surface area contributed by atoms with Crippen LogP contribution in [-0.2, 0) is 21.4 Å². The van der Waals surface area contributed by atoms with Crippen LogP contribution in [0.3, 0.4) is 0 Å². The molecular formula is C22H31NO7. The van der Waals surface area contributed by atoms with Gasteiger partial charge in [-0.25, -0.2) is 4.79 Å². The van der Waals surface area contributed by atoms with Gasteiger partial charge in [0.15, 0.2) is 6.10 Å². The van der Waals surface area contributed by atoms with E-state index in [4.69, 9.17) is 15.2 Å². The molecule has 2 aliphatic carbocycles. The molecule has 8 nitrogen and oxygen atoms in total. The van der Waals surface area contributed by atoms with Crippen LogP contribution in [0.25, 0.3) is 0 Å². The molecule has 6 N–H and O–H groups in total. The summed E-state index contributed by atoms with van der Waals surface area (Å²) in [6.07, 6.45) is -1.59. The summed E-state index contributed by atoms with van der Waals surface area (Å²) in [4.78, 5) is 11.3. The highest BCUT2D eigenvalue weighted by Gasteiger charge is 2.48. The summed E-state index contributed by atoms with van der Waals surface area (Å²) in [5.74, 6) is -0.586. The van der Waals surface area contributed by atoms with E-state index in [1.54, 1.807) is 6.07 Å². The van der Waals surface area contributed by atoms with Crippen LogP contribution >= 0.6 is 0 Å². The maximum absolute atomic E-state index is 11.3. The second kappa shape index (κ2) is 8.09. The van der Waals surface area contributed by atoms with E-state index in [0.717, 1.165) is 31.2 Å². The number of fused-ring (bicyclic) bond motifs is 4. The number of aliphatic hydroxyl groups excluding tert-OH is 3. The average molecular weight is 421 g/mol. The molecule has 1 heterocycles. The molecule has 4 rings (SSSR count). The number of aliphatic carboxylic acids is 1. The Hall–Kier alpha value is -1.71. The molecule has 2 bridgehead atoms. The molecular weight excluding hydrogens is 390 g/mol. The molecule has 0 spiro atoms. The number of aliphatic hydroxyl groups is 3. The number of benzene rings is 1. The Morgan fingerprint density at radius 3 is 2.67 bits per heavy atom. The van der Waals surface area contributed by atoms with Gasteiger partial charge in [-0.3, -0.25) is 0 Å². The van der Waals surface area contributed by atoms with E-state index >= 15 is 0 Å². The Morgan fingerprint density at radius 2 is 1.93 bits per heavy atom. The van der Waals surface area contributed by atoms with Gasteiger partial charge in [-0.15, -0.1) is 0 Å². The van der Waals surface area contributed by atoms with Crippen molar-refractivity contribution >= 4 is 5.97 Å². The van der Waals surface area contributed by atoms with Gasteiger partial charge in [0.1, 0.15) is 24.1 Å². The van der Waals surface area contributed by atoms with E-state index in [1.165, 1.54) is 18.4 Å². The van der Waals surface area contributed by atoms with E-state index in [1.807, 2.05) is 12.1 Å². The molecule has 8 atom stereocenters. The summed E-state index contributed by atoms with van der Waals surface area (Å²) < 4.78 is 11.0. The standard InChI is InChI=1S/C22H31NO7/c1-22-8-4-2-3-5-12(19(22)23)9-11-6-7-13(10-14(11)22)29-21-17(26)15(24)16(25)18(30-21)20(27)28/h6-7,10,12,15-19,21,24-26H,2-5,8-9,23H2,1H3,(H,27,28). The molecule has 0 radical (unpaired) electrons. The predicted molar refractivity (Wildman–Crippen MR) is 107 cm³/mol. The van der Waals surface area contributed by atoms with Crippen molar-refractivity contribution in [2.24, 2.45) is 11.7 Å². The number of carboxylic acid groups (broad SMARTS) is 1. The fourth-order valence-corrected chi connectivity index (χ4v) is 5.39. The fraction of sp³-hybridized carbons (Fsp3) is 0.682. The monoisotopic (exact) mass is 421 g/mol. The van der Waals surface area contributed by atoms with E-state index in [-0.39, 0.29) is 11.5 Å². The summed E-state index contributed by atoms with van der Waals surface area (Å²) in [7, 11) is 0. The van der Waals surface area contributed by atoms with Crippen LogP contribution in [-0.4, -0.2) is 63.1 Å². The van der Waals surface area contributed by atoms with Crippen molar-refractivity contribution in [3.63, 3.8) is 0 Å². The van der Waals surface area contributed by atoms with E-state index in [2.05, 4.69) is 6.92 Å². The molecule has 1 saturated heterocycles. The topological polar surface area (TPSA) is 142 Å². The third-order valence-electron chi connectivity index (χ3n) is 7.26. The maximum Gasteiger partial charge on any atom is 0.335 e. The first kappa shape index (κ1) is 21.5. The maximum atomic E-state index is 11.3. The lowest BCUT2D eigenvalue weighted by Gasteiger charge is -2.47. The zero-order valence-electron chi connectivity index (χ0n) is 17.1. The van der Waals surface area contributed by atoms with E-state index < -0.39 is 36.7 Å². The van der Waals surface area contributed by atoms with E-state index in [9.17, 15) is 25.2 Å². The van der Waals surface area contributed by atoms with Crippen molar-refractivity contribution in [3.8, 4) is 5.75 Å². The number of ether oxygens (including phenoxy) is 2. The van der Waals surface area contributed by atoms with Crippen molar-refractivity contribution in [1.29, 1.82) is 0 Å². The van der Waals surface area contributed by atoms with Crippen molar-refractivity contribution in [3.05, 3.63) is 29.3 Å². The molecule has 1 saturated carbocycles. The minimum atomic E-state index is -1.75. The molecule has 0 aromatic heterocycles. The molecule has 1 aromatic rings. The smallest absolute Gasteiger partial charge is 0.335 e. The van der Waals surface area contributed by atoms with Gasteiger partial charge in [-0.2, -0.15) is 0 Å². The molecule has 0 amide bonds. The summed E-state index contributed by atoms with van der Waals surface area (Å²) in [6.45, 7) is 2.20. The first-order valence-electron chi connectivity index (χ1n) is 10.7. The van der Waals surface area contributed by atoms with Gasteiger partial charge in [0.05, 0.1) is 0 Å². The Kier molecular flexibility index (Phi) is 5.80. The highest BCUT2D eigenvalue weighted by molar-refractivity contribution is 5.73. The molecule has 3 aliphatic rings. The van der Waals surface area contributed by atoms with Gasteiger partial charge in [0, 0.05) is 11.5 Å². The third-order valence-corrected chi connectivity index (χ3v) is 7.26. The van der Waals surface area contributed by atoms with Gasteiger partial charge in [0.25, 0.3) is 0 Å². The van der Waals surface area contributed by atoms with Crippen LogP contribution < -0.4 is 10.5 Å². The van der Waals surface area contributed by atoms with Crippen LogP contribution in [0.1, 0.15) is 50.2 Å². The minimum Gasteiger partial charge on any atom is -0.479 e. The Morgan fingerprint density at radius 1 is 1.17 bits per heavy atom.